The highest BCUT2D eigenvalue weighted by Crippen LogP contribution is 2.33. The van der Waals surface area contributed by atoms with Crippen LogP contribution < -0.4 is 20.1 Å². The average Bonchev–Trinajstić information content (AvgIpc) is 2.62. The first-order valence-electron chi connectivity index (χ1n) is 8.26. The second-order valence-corrected chi connectivity index (χ2v) is 6.01. The number of carbonyl (C=O) groups is 2. The third-order valence-corrected chi connectivity index (χ3v) is 3.99. The highest BCUT2D eigenvalue weighted by molar-refractivity contribution is 6.02. The highest BCUT2D eigenvalue weighted by atomic mass is 16.5. The number of ether oxygens (including phenoxy) is 2. The molecule has 2 aromatic rings. The molecule has 0 aliphatic carbocycles. The van der Waals surface area contributed by atoms with E-state index in [2.05, 4.69) is 10.6 Å². The fourth-order valence-corrected chi connectivity index (χ4v) is 2.61. The molecule has 0 aromatic heterocycles. The number of ketones is 1. The summed E-state index contributed by atoms with van der Waals surface area (Å²) in [6.07, 6.45) is 0. The Balaban J connectivity index is 2.15. The number of carbonyl (C=O) groups excluding carboxylic acids is 2. The van der Waals surface area contributed by atoms with E-state index in [1.807, 2.05) is 19.1 Å². The maximum atomic E-state index is 12.7. The van der Waals surface area contributed by atoms with Gasteiger partial charge in [-0.25, -0.2) is 0 Å². The monoisotopic (exact) mass is 356 g/mol. The van der Waals surface area contributed by atoms with Crippen LogP contribution in [0.1, 0.15) is 29.8 Å². The lowest BCUT2D eigenvalue weighted by Crippen LogP contribution is -2.26. The first-order chi connectivity index (χ1) is 12.3. The standard InChI is InChI=1S/C20H24N2O4/c1-12-10-18(25-4)19(26-5)11-17(12)21-13(2)20(24)15-6-8-16(9-7-15)22-14(3)23/h6-11,13,21H,1-5H3,(H,22,23)/t13-/m0/s1. The Morgan fingerprint density at radius 2 is 1.58 bits per heavy atom. The maximum absolute atomic E-state index is 12.7. The van der Waals surface area contributed by atoms with E-state index in [9.17, 15) is 9.59 Å². The van der Waals surface area contributed by atoms with Crippen molar-refractivity contribution in [2.75, 3.05) is 24.9 Å². The van der Waals surface area contributed by atoms with Crippen LogP contribution >= 0.6 is 0 Å². The van der Waals surface area contributed by atoms with Gasteiger partial charge in [0.25, 0.3) is 0 Å². The average molecular weight is 356 g/mol. The van der Waals surface area contributed by atoms with Crippen LogP contribution in [0.5, 0.6) is 11.5 Å². The summed E-state index contributed by atoms with van der Waals surface area (Å²) < 4.78 is 10.6. The van der Waals surface area contributed by atoms with Gasteiger partial charge in [-0.3, -0.25) is 9.59 Å². The smallest absolute Gasteiger partial charge is 0.221 e. The molecular weight excluding hydrogens is 332 g/mol. The van der Waals surface area contributed by atoms with E-state index in [1.165, 1.54) is 6.92 Å². The molecule has 0 heterocycles. The summed E-state index contributed by atoms with van der Waals surface area (Å²) in [6, 6.07) is 10.1. The lowest BCUT2D eigenvalue weighted by Gasteiger charge is -2.18. The number of amides is 1. The predicted molar refractivity (Wildman–Crippen MR) is 102 cm³/mol. The number of aryl methyl sites for hydroxylation is 1. The van der Waals surface area contributed by atoms with Crippen molar-refractivity contribution in [3.63, 3.8) is 0 Å². The van der Waals surface area contributed by atoms with Crippen LogP contribution in [-0.4, -0.2) is 32.0 Å². The molecule has 0 fully saturated rings. The van der Waals surface area contributed by atoms with Crippen LogP contribution in [0, 0.1) is 6.92 Å². The number of hydrogen-bond donors (Lipinski definition) is 2. The van der Waals surface area contributed by atoms with Crippen molar-refractivity contribution < 1.29 is 19.1 Å². The van der Waals surface area contributed by atoms with Gasteiger partial charge < -0.3 is 20.1 Å². The van der Waals surface area contributed by atoms with Gasteiger partial charge in [0, 0.05) is 29.9 Å². The normalized spacial score (nSPS) is 11.4. The van der Waals surface area contributed by atoms with Crippen molar-refractivity contribution in [1.82, 2.24) is 0 Å². The molecule has 1 atom stereocenters. The molecule has 0 bridgehead atoms. The highest BCUT2D eigenvalue weighted by Gasteiger charge is 2.17. The zero-order valence-electron chi connectivity index (χ0n) is 15.7. The van der Waals surface area contributed by atoms with E-state index in [-0.39, 0.29) is 11.7 Å². The van der Waals surface area contributed by atoms with Crippen LogP contribution in [0.15, 0.2) is 36.4 Å². The van der Waals surface area contributed by atoms with Gasteiger partial charge in [0.05, 0.1) is 20.3 Å². The topological polar surface area (TPSA) is 76.7 Å². The summed E-state index contributed by atoms with van der Waals surface area (Å²) in [5, 5.41) is 5.91. The van der Waals surface area contributed by atoms with Crippen molar-refractivity contribution >= 4 is 23.1 Å². The molecule has 2 aromatic carbocycles. The third kappa shape index (κ3) is 4.53. The number of rotatable bonds is 7. The van der Waals surface area contributed by atoms with E-state index >= 15 is 0 Å². The first-order valence-corrected chi connectivity index (χ1v) is 8.26. The van der Waals surface area contributed by atoms with E-state index < -0.39 is 6.04 Å². The minimum absolute atomic E-state index is 0.0476. The third-order valence-electron chi connectivity index (χ3n) is 3.99. The number of Topliss-reactive ketones (excluding diaryl/α,β-unsaturated/α-hetero) is 1. The second-order valence-electron chi connectivity index (χ2n) is 6.01. The minimum atomic E-state index is -0.432. The van der Waals surface area contributed by atoms with Crippen LogP contribution in [0.2, 0.25) is 0 Å². The Morgan fingerprint density at radius 3 is 2.12 bits per heavy atom. The van der Waals surface area contributed by atoms with Crippen molar-refractivity contribution in [2.45, 2.75) is 26.8 Å². The Morgan fingerprint density at radius 1 is 1.00 bits per heavy atom. The Kier molecular flexibility index (Phi) is 6.22. The zero-order valence-corrected chi connectivity index (χ0v) is 15.7. The summed E-state index contributed by atoms with van der Waals surface area (Å²) in [4.78, 5) is 23.7. The van der Waals surface area contributed by atoms with E-state index in [0.29, 0.717) is 22.7 Å². The molecule has 0 unspecified atom stereocenters. The summed E-state index contributed by atoms with van der Waals surface area (Å²) in [7, 11) is 3.16. The summed E-state index contributed by atoms with van der Waals surface area (Å²) in [5.41, 5.74) is 2.98. The number of nitrogens with one attached hydrogen (secondary N) is 2. The van der Waals surface area contributed by atoms with Gasteiger partial charge in [-0.1, -0.05) is 0 Å². The number of benzene rings is 2. The van der Waals surface area contributed by atoms with Gasteiger partial charge in [-0.05, 0) is 49.7 Å². The Hall–Kier alpha value is -3.02. The van der Waals surface area contributed by atoms with Crippen molar-refractivity contribution in [3.8, 4) is 11.5 Å². The summed E-state index contributed by atoms with van der Waals surface area (Å²) >= 11 is 0. The molecule has 0 aliphatic heterocycles. The molecule has 26 heavy (non-hydrogen) atoms. The van der Waals surface area contributed by atoms with Crippen LogP contribution in [-0.2, 0) is 4.79 Å². The van der Waals surface area contributed by atoms with E-state index in [4.69, 9.17) is 9.47 Å². The quantitative estimate of drug-likeness (QED) is 0.741. The molecule has 0 radical (unpaired) electrons. The fourth-order valence-electron chi connectivity index (χ4n) is 2.61. The predicted octanol–water partition coefficient (Wildman–Crippen LogP) is 3.65. The number of hydrogen-bond acceptors (Lipinski definition) is 5. The molecule has 2 N–H and O–H groups in total. The lowest BCUT2D eigenvalue weighted by atomic mass is 10.0. The molecule has 6 nitrogen and oxygen atoms in total. The van der Waals surface area contributed by atoms with Gasteiger partial charge in [-0.15, -0.1) is 0 Å². The summed E-state index contributed by atoms with van der Waals surface area (Å²) in [5.74, 6) is 1.04. The van der Waals surface area contributed by atoms with Crippen LogP contribution in [0.25, 0.3) is 0 Å². The van der Waals surface area contributed by atoms with Gasteiger partial charge in [0.15, 0.2) is 17.3 Å². The molecule has 0 saturated heterocycles. The summed E-state index contributed by atoms with van der Waals surface area (Å²) in [6.45, 7) is 5.18. The van der Waals surface area contributed by atoms with E-state index in [1.54, 1.807) is 45.4 Å². The molecule has 0 aliphatic rings. The molecule has 6 heteroatoms. The zero-order chi connectivity index (χ0) is 19.3. The second kappa shape index (κ2) is 8.38. The molecule has 138 valence electrons. The molecule has 0 spiro atoms. The molecule has 0 saturated carbocycles. The molecule has 1 amide bonds. The number of anilines is 2. The Labute approximate surface area is 153 Å². The van der Waals surface area contributed by atoms with Gasteiger partial charge in [0.1, 0.15) is 0 Å². The van der Waals surface area contributed by atoms with E-state index in [0.717, 1.165) is 11.3 Å². The number of methoxy groups -OCH3 is 2. The largest absolute Gasteiger partial charge is 0.493 e. The fraction of sp³-hybridized carbons (Fsp3) is 0.300. The molecule has 2 rings (SSSR count). The maximum Gasteiger partial charge on any atom is 0.221 e. The lowest BCUT2D eigenvalue weighted by molar-refractivity contribution is -0.114. The minimum Gasteiger partial charge on any atom is -0.493 e. The SMILES string of the molecule is COc1cc(C)c(N[C@@H](C)C(=O)c2ccc(NC(C)=O)cc2)cc1OC. The van der Waals surface area contributed by atoms with Crippen LogP contribution in [0.3, 0.4) is 0 Å². The van der Waals surface area contributed by atoms with Crippen molar-refractivity contribution in [1.29, 1.82) is 0 Å². The first kappa shape index (κ1) is 19.3. The van der Waals surface area contributed by atoms with Crippen LogP contribution in [0.4, 0.5) is 11.4 Å². The molecular formula is C20H24N2O4. The van der Waals surface area contributed by atoms with Gasteiger partial charge in [0.2, 0.25) is 5.91 Å². The van der Waals surface area contributed by atoms with Gasteiger partial charge in [-0.2, -0.15) is 0 Å². The Bertz CT molecular complexity index is 800. The van der Waals surface area contributed by atoms with Gasteiger partial charge >= 0.3 is 0 Å². The van der Waals surface area contributed by atoms with Crippen molar-refractivity contribution in [2.24, 2.45) is 0 Å². The van der Waals surface area contributed by atoms with Crippen molar-refractivity contribution in [3.05, 3.63) is 47.5 Å².